The van der Waals surface area contributed by atoms with Crippen molar-refractivity contribution in [2.45, 2.75) is 12.2 Å². The van der Waals surface area contributed by atoms with Crippen molar-refractivity contribution in [2.75, 3.05) is 18.0 Å². The van der Waals surface area contributed by atoms with E-state index < -0.39 is 12.2 Å². The molecule has 5 nitrogen and oxygen atoms in total. The Morgan fingerprint density at radius 2 is 1.94 bits per heavy atom. The highest BCUT2D eigenvalue weighted by Crippen LogP contribution is 2.29. The van der Waals surface area contributed by atoms with Gasteiger partial charge in [0.2, 0.25) is 0 Å². The summed E-state index contributed by atoms with van der Waals surface area (Å²) in [4.78, 5) is 1.78. The largest absolute Gasteiger partial charge is 0.389 e. The van der Waals surface area contributed by atoms with E-state index in [0.29, 0.717) is 29.4 Å². The Bertz CT molecular complexity index is 442. The average molecular weight is 256 g/mol. The Hall–Kier alpha value is -1.30. The van der Waals surface area contributed by atoms with Crippen LogP contribution in [0, 0.1) is 5.41 Å². The molecule has 0 aromatic heterocycles. The normalized spacial score (nSPS) is 24.1. The number of aliphatic hydroxyl groups excluding tert-OH is 2. The lowest BCUT2D eigenvalue weighted by atomic mass is 10.1. The summed E-state index contributed by atoms with van der Waals surface area (Å²) in [6, 6.07) is 5.18. The fourth-order valence-electron chi connectivity index (χ4n) is 2.01. The standard InChI is InChI=1S/C11H14ClN3O2/c12-6-2-1-3-7(10(6)11(13)14)15-4-8(16)9(17)5-15/h1-3,8-9,16-17H,4-5H2,(H3,13,14). The second kappa shape index (κ2) is 4.52. The van der Waals surface area contributed by atoms with Crippen LogP contribution in [0.25, 0.3) is 0 Å². The molecule has 5 N–H and O–H groups in total. The summed E-state index contributed by atoms with van der Waals surface area (Å²) in [7, 11) is 0. The Balaban J connectivity index is 2.39. The zero-order valence-electron chi connectivity index (χ0n) is 9.10. The highest BCUT2D eigenvalue weighted by molar-refractivity contribution is 6.34. The number of halogens is 1. The molecular weight excluding hydrogens is 242 g/mol. The Morgan fingerprint density at radius 1 is 1.35 bits per heavy atom. The third kappa shape index (κ3) is 2.22. The van der Waals surface area contributed by atoms with E-state index >= 15 is 0 Å². The number of nitrogens with two attached hydrogens (primary N) is 1. The fraction of sp³-hybridized carbons (Fsp3) is 0.364. The van der Waals surface area contributed by atoms with Crippen LogP contribution in [-0.4, -0.2) is 41.3 Å². The number of benzene rings is 1. The maximum absolute atomic E-state index is 9.52. The molecule has 0 radical (unpaired) electrons. The van der Waals surface area contributed by atoms with Crippen LogP contribution in [0.5, 0.6) is 0 Å². The van der Waals surface area contributed by atoms with Gasteiger partial charge in [-0.05, 0) is 12.1 Å². The van der Waals surface area contributed by atoms with Gasteiger partial charge in [-0.15, -0.1) is 0 Å². The summed E-state index contributed by atoms with van der Waals surface area (Å²) in [6.45, 7) is 0.615. The monoisotopic (exact) mass is 255 g/mol. The summed E-state index contributed by atoms with van der Waals surface area (Å²) in [5.74, 6) is -0.124. The number of amidine groups is 1. The summed E-state index contributed by atoms with van der Waals surface area (Å²) in [5, 5.41) is 27.0. The topological polar surface area (TPSA) is 93.6 Å². The van der Waals surface area contributed by atoms with E-state index in [1.54, 1.807) is 23.1 Å². The molecule has 0 amide bonds. The first-order valence-electron chi connectivity index (χ1n) is 5.24. The number of hydrogen-bond donors (Lipinski definition) is 4. The lowest BCUT2D eigenvalue weighted by molar-refractivity contribution is 0.0572. The van der Waals surface area contributed by atoms with Crippen molar-refractivity contribution in [1.82, 2.24) is 0 Å². The minimum atomic E-state index is -0.784. The Labute approximate surface area is 104 Å². The van der Waals surface area contributed by atoms with E-state index in [9.17, 15) is 10.2 Å². The van der Waals surface area contributed by atoms with Crippen molar-refractivity contribution >= 4 is 23.1 Å². The predicted octanol–water partition coefficient (Wildman–Crippen LogP) is 0.166. The molecule has 6 heteroatoms. The van der Waals surface area contributed by atoms with Crippen LogP contribution in [0.15, 0.2) is 18.2 Å². The Kier molecular flexibility index (Phi) is 3.24. The van der Waals surface area contributed by atoms with Crippen LogP contribution in [0.4, 0.5) is 5.69 Å². The van der Waals surface area contributed by atoms with Crippen LogP contribution in [0.3, 0.4) is 0 Å². The summed E-state index contributed by atoms with van der Waals surface area (Å²) >= 11 is 6.00. The molecule has 1 aromatic rings. The smallest absolute Gasteiger partial charge is 0.126 e. The van der Waals surface area contributed by atoms with Crippen molar-refractivity contribution < 1.29 is 10.2 Å². The van der Waals surface area contributed by atoms with E-state index in [1.165, 1.54) is 0 Å². The van der Waals surface area contributed by atoms with Gasteiger partial charge in [0, 0.05) is 18.8 Å². The minimum Gasteiger partial charge on any atom is -0.389 e. The third-order valence-corrected chi connectivity index (χ3v) is 3.18. The zero-order chi connectivity index (χ0) is 12.6. The molecule has 0 spiro atoms. The molecule has 17 heavy (non-hydrogen) atoms. The molecule has 0 aliphatic carbocycles. The number of nitrogen functional groups attached to an aromatic ring is 1. The van der Waals surface area contributed by atoms with Crippen LogP contribution in [0.2, 0.25) is 5.02 Å². The van der Waals surface area contributed by atoms with Gasteiger partial charge in [0.05, 0.1) is 22.8 Å². The van der Waals surface area contributed by atoms with Gasteiger partial charge in [0.15, 0.2) is 0 Å². The average Bonchev–Trinajstić information content (AvgIpc) is 2.58. The summed E-state index contributed by atoms with van der Waals surface area (Å²) < 4.78 is 0. The molecule has 0 bridgehead atoms. The van der Waals surface area contributed by atoms with Gasteiger partial charge >= 0.3 is 0 Å². The number of anilines is 1. The first-order chi connectivity index (χ1) is 8.00. The number of β-amino-alcohol motifs (C(OH)–C–C–N with tert-alkyl or cyclic N) is 2. The Morgan fingerprint density at radius 3 is 2.47 bits per heavy atom. The van der Waals surface area contributed by atoms with Gasteiger partial charge in [-0.3, -0.25) is 5.41 Å². The lowest BCUT2D eigenvalue weighted by Gasteiger charge is -2.21. The number of nitrogens with zero attached hydrogens (tertiary/aromatic N) is 1. The van der Waals surface area contributed by atoms with Crippen LogP contribution >= 0.6 is 11.6 Å². The molecule has 1 fully saturated rings. The quantitative estimate of drug-likeness (QED) is 0.448. The van der Waals surface area contributed by atoms with E-state index in [-0.39, 0.29) is 5.84 Å². The molecule has 1 heterocycles. The number of aliphatic hydroxyl groups is 2. The van der Waals surface area contributed by atoms with E-state index in [0.717, 1.165) is 0 Å². The summed E-state index contributed by atoms with van der Waals surface area (Å²) in [5.41, 5.74) is 6.61. The zero-order valence-corrected chi connectivity index (χ0v) is 9.85. The second-order valence-corrected chi connectivity index (χ2v) is 4.49. The van der Waals surface area contributed by atoms with Crippen LogP contribution in [-0.2, 0) is 0 Å². The van der Waals surface area contributed by atoms with E-state index in [2.05, 4.69) is 0 Å². The van der Waals surface area contributed by atoms with Crippen molar-refractivity contribution in [3.63, 3.8) is 0 Å². The molecule has 1 aromatic carbocycles. The lowest BCUT2D eigenvalue weighted by Crippen LogP contribution is -2.25. The molecule has 1 aliphatic heterocycles. The second-order valence-electron chi connectivity index (χ2n) is 4.09. The molecule has 1 saturated heterocycles. The SMILES string of the molecule is N=C(N)c1c(Cl)cccc1N1CC(O)C(O)C1. The highest BCUT2D eigenvalue weighted by Gasteiger charge is 2.31. The number of nitrogens with one attached hydrogen (secondary N) is 1. The third-order valence-electron chi connectivity index (χ3n) is 2.86. The van der Waals surface area contributed by atoms with Crippen molar-refractivity contribution in [1.29, 1.82) is 5.41 Å². The molecule has 1 aliphatic rings. The molecular formula is C11H14ClN3O2. The molecule has 0 saturated carbocycles. The van der Waals surface area contributed by atoms with Crippen LogP contribution in [0.1, 0.15) is 5.56 Å². The minimum absolute atomic E-state index is 0.124. The van der Waals surface area contributed by atoms with E-state index in [1.807, 2.05) is 0 Å². The van der Waals surface area contributed by atoms with Gasteiger partial charge in [-0.25, -0.2) is 0 Å². The fourth-order valence-corrected chi connectivity index (χ4v) is 2.28. The molecule has 2 rings (SSSR count). The van der Waals surface area contributed by atoms with Gasteiger partial charge in [-0.1, -0.05) is 17.7 Å². The summed E-state index contributed by atoms with van der Waals surface area (Å²) in [6.07, 6.45) is -1.57. The van der Waals surface area contributed by atoms with Gasteiger partial charge in [-0.2, -0.15) is 0 Å². The highest BCUT2D eigenvalue weighted by atomic mass is 35.5. The number of rotatable bonds is 2. The van der Waals surface area contributed by atoms with Crippen LogP contribution < -0.4 is 10.6 Å². The number of hydrogen-bond acceptors (Lipinski definition) is 4. The predicted molar refractivity (Wildman–Crippen MR) is 66.7 cm³/mol. The van der Waals surface area contributed by atoms with E-state index in [4.69, 9.17) is 22.7 Å². The first-order valence-corrected chi connectivity index (χ1v) is 5.62. The van der Waals surface area contributed by atoms with Crippen molar-refractivity contribution in [3.05, 3.63) is 28.8 Å². The van der Waals surface area contributed by atoms with Gasteiger partial charge < -0.3 is 20.8 Å². The molecule has 2 atom stereocenters. The first kappa shape index (κ1) is 12.2. The van der Waals surface area contributed by atoms with Crippen molar-refractivity contribution in [3.8, 4) is 0 Å². The molecule has 92 valence electrons. The van der Waals surface area contributed by atoms with Crippen molar-refractivity contribution in [2.24, 2.45) is 5.73 Å². The maximum Gasteiger partial charge on any atom is 0.126 e. The molecule has 2 unspecified atom stereocenters. The van der Waals surface area contributed by atoms with Gasteiger partial charge in [0.1, 0.15) is 5.84 Å². The maximum atomic E-state index is 9.52. The van der Waals surface area contributed by atoms with Gasteiger partial charge in [0.25, 0.3) is 0 Å².